The summed E-state index contributed by atoms with van der Waals surface area (Å²) in [6.07, 6.45) is 3.19. The summed E-state index contributed by atoms with van der Waals surface area (Å²) in [6, 6.07) is 21.2. The fourth-order valence-corrected chi connectivity index (χ4v) is 5.87. The highest BCUT2D eigenvalue weighted by Gasteiger charge is 2.34. The number of carbonyl (C=O) groups excluding carboxylic acids is 1. The number of rotatable bonds is 9. The van der Waals surface area contributed by atoms with Gasteiger partial charge >= 0.3 is 0 Å². The molecular formula is C27H23BrN2O5S2. The minimum absolute atomic E-state index is 0.0302. The average molecular weight is 600 g/mol. The van der Waals surface area contributed by atoms with Crippen molar-refractivity contribution < 1.29 is 22.7 Å². The first-order valence-corrected chi connectivity index (χ1v) is 14.1. The molecule has 190 valence electrons. The maximum atomic E-state index is 13.1. The predicted molar refractivity (Wildman–Crippen MR) is 150 cm³/mol. The number of nitrogens with zero attached hydrogens (tertiary/aromatic N) is 2. The molecule has 3 aromatic rings. The molecule has 1 fully saturated rings. The van der Waals surface area contributed by atoms with Crippen LogP contribution in [0.15, 0.2) is 104 Å². The van der Waals surface area contributed by atoms with Crippen LogP contribution < -0.4 is 9.47 Å². The van der Waals surface area contributed by atoms with Gasteiger partial charge in [-0.15, -0.1) is 11.0 Å². The molecule has 0 radical (unpaired) electrons. The molecule has 0 spiro atoms. The minimum atomic E-state index is -4.03. The minimum Gasteiger partial charge on any atom is -0.493 e. The van der Waals surface area contributed by atoms with Crippen molar-refractivity contribution in [3.63, 3.8) is 0 Å². The molecule has 3 aromatic carbocycles. The van der Waals surface area contributed by atoms with E-state index in [0.717, 1.165) is 21.8 Å². The summed E-state index contributed by atoms with van der Waals surface area (Å²) >= 11 is 4.28. The summed E-state index contributed by atoms with van der Waals surface area (Å²) in [7, 11) is -2.47. The number of thioether (sulfide) groups is 1. The number of methoxy groups -OCH3 is 1. The van der Waals surface area contributed by atoms with Gasteiger partial charge in [-0.05, 0) is 65.4 Å². The van der Waals surface area contributed by atoms with Crippen molar-refractivity contribution in [2.45, 2.75) is 11.5 Å². The summed E-state index contributed by atoms with van der Waals surface area (Å²) in [6.45, 7) is 4.15. The molecule has 10 heteroatoms. The van der Waals surface area contributed by atoms with Crippen LogP contribution in [0.25, 0.3) is 6.08 Å². The van der Waals surface area contributed by atoms with E-state index < -0.39 is 10.0 Å². The van der Waals surface area contributed by atoms with Crippen LogP contribution in [0, 0.1) is 0 Å². The van der Waals surface area contributed by atoms with Crippen LogP contribution in [0.2, 0.25) is 0 Å². The monoisotopic (exact) mass is 598 g/mol. The van der Waals surface area contributed by atoms with Gasteiger partial charge in [0.25, 0.3) is 15.9 Å². The van der Waals surface area contributed by atoms with E-state index >= 15 is 0 Å². The quantitative estimate of drug-likeness (QED) is 0.226. The van der Waals surface area contributed by atoms with Gasteiger partial charge in [0.15, 0.2) is 16.7 Å². The van der Waals surface area contributed by atoms with E-state index in [9.17, 15) is 13.2 Å². The molecule has 1 saturated heterocycles. The van der Waals surface area contributed by atoms with Gasteiger partial charge in [-0.3, -0.25) is 9.69 Å². The Kier molecular flexibility index (Phi) is 8.52. The number of benzene rings is 3. The third kappa shape index (κ3) is 6.51. The van der Waals surface area contributed by atoms with Crippen LogP contribution in [-0.4, -0.2) is 38.0 Å². The Balaban J connectivity index is 1.63. The Morgan fingerprint density at radius 1 is 1.05 bits per heavy atom. The Morgan fingerprint density at radius 2 is 1.78 bits per heavy atom. The van der Waals surface area contributed by atoms with Crippen LogP contribution in [0.1, 0.15) is 11.1 Å². The van der Waals surface area contributed by atoms with E-state index in [0.29, 0.717) is 28.6 Å². The molecule has 4 rings (SSSR count). The van der Waals surface area contributed by atoms with Crippen molar-refractivity contribution in [2.75, 3.05) is 13.7 Å². The third-order valence-electron chi connectivity index (χ3n) is 5.23. The zero-order chi connectivity index (χ0) is 26.4. The first-order chi connectivity index (χ1) is 17.8. The van der Waals surface area contributed by atoms with E-state index in [4.69, 9.17) is 9.47 Å². The van der Waals surface area contributed by atoms with Crippen LogP contribution in [0.5, 0.6) is 11.5 Å². The summed E-state index contributed by atoms with van der Waals surface area (Å²) in [5.41, 5.74) is 1.69. The normalized spacial score (nSPS) is 15.8. The van der Waals surface area contributed by atoms with Crippen LogP contribution in [-0.2, 0) is 21.4 Å². The summed E-state index contributed by atoms with van der Waals surface area (Å²) in [5.74, 6) is 0.711. The van der Waals surface area contributed by atoms with Gasteiger partial charge in [-0.1, -0.05) is 58.4 Å². The maximum Gasteiger partial charge on any atom is 0.284 e. The lowest BCUT2D eigenvalue weighted by Crippen LogP contribution is -2.29. The van der Waals surface area contributed by atoms with E-state index in [1.165, 1.54) is 23.1 Å². The molecule has 0 aliphatic carbocycles. The summed E-state index contributed by atoms with van der Waals surface area (Å²) in [4.78, 5) is 14.8. The fourth-order valence-electron chi connectivity index (χ4n) is 3.41. The highest BCUT2D eigenvalue weighted by molar-refractivity contribution is 9.10. The first-order valence-electron chi connectivity index (χ1n) is 11.1. The van der Waals surface area contributed by atoms with E-state index in [1.54, 1.807) is 43.5 Å². The molecule has 37 heavy (non-hydrogen) atoms. The lowest BCUT2D eigenvalue weighted by molar-refractivity contribution is -0.121. The number of hydrogen-bond donors (Lipinski definition) is 0. The van der Waals surface area contributed by atoms with Gasteiger partial charge < -0.3 is 9.47 Å². The molecule has 1 amide bonds. The summed E-state index contributed by atoms with van der Waals surface area (Å²) in [5, 5.41) is 0.0631. The molecule has 0 aromatic heterocycles. The molecule has 0 N–H and O–H groups in total. The number of sulfonamides is 1. The Morgan fingerprint density at radius 3 is 2.46 bits per heavy atom. The molecule has 0 unspecified atom stereocenters. The molecule has 0 bridgehead atoms. The van der Waals surface area contributed by atoms with Gasteiger partial charge in [0.05, 0.1) is 16.9 Å². The number of halogens is 1. The zero-order valence-electron chi connectivity index (χ0n) is 19.8. The van der Waals surface area contributed by atoms with Gasteiger partial charge in [0.1, 0.15) is 6.61 Å². The topological polar surface area (TPSA) is 85.3 Å². The van der Waals surface area contributed by atoms with Gasteiger partial charge in [-0.2, -0.15) is 8.42 Å². The predicted octanol–water partition coefficient (Wildman–Crippen LogP) is 5.88. The number of carbonyl (C=O) groups is 1. The van der Waals surface area contributed by atoms with Crippen molar-refractivity contribution in [1.82, 2.24) is 4.90 Å². The standard InChI is InChI=1S/C27H23BrN2O5S2/c1-3-15-30-26(31)25(36-27(30)29-37(32,33)22-12-10-21(28)11-13-22)17-20-9-14-23(34-2)24(16-20)35-18-19-7-5-4-6-8-19/h3-14,16-17H,1,15,18H2,2H3/b25-17-,29-27?. The Labute approximate surface area is 228 Å². The maximum absolute atomic E-state index is 13.1. The Hall–Kier alpha value is -3.34. The largest absolute Gasteiger partial charge is 0.493 e. The van der Waals surface area contributed by atoms with Gasteiger partial charge in [-0.25, -0.2) is 0 Å². The third-order valence-corrected chi connectivity index (χ3v) is 8.16. The Bertz CT molecular complexity index is 1470. The van der Waals surface area contributed by atoms with Crippen molar-refractivity contribution in [2.24, 2.45) is 4.40 Å². The summed E-state index contributed by atoms with van der Waals surface area (Å²) < 4.78 is 41.9. The van der Waals surface area contributed by atoms with Crippen LogP contribution >= 0.6 is 27.7 Å². The number of ether oxygens (including phenoxy) is 2. The second-order valence-corrected chi connectivity index (χ2v) is 11.3. The molecule has 0 saturated carbocycles. The number of amides is 1. The average Bonchev–Trinajstić information content (AvgIpc) is 3.17. The van der Waals surface area contributed by atoms with Crippen molar-refractivity contribution in [3.05, 3.63) is 106 Å². The van der Waals surface area contributed by atoms with E-state index in [2.05, 4.69) is 26.9 Å². The molecule has 1 aliphatic rings. The fraction of sp³-hybridized carbons (Fsp3) is 0.111. The zero-order valence-corrected chi connectivity index (χ0v) is 23.1. The first kappa shape index (κ1) is 26.7. The second-order valence-electron chi connectivity index (χ2n) is 7.80. The lowest BCUT2D eigenvalue weighted by atomic mass is 10.1. The lowest BCUT2D eigenvalue weighted by Gasteiger charge is -2.12. The van der Waals surface area contributed by atoms with Crippen LogP contribution in [0.3, 0.4) is 0 Å². The van der Waals surface area contributed by atoms with Crippen LogP contribution in [0.4, 0.5) is 0 Å². The SMILES string of the molecule is C=CCN1C(=O)/C(=C/c2ccc(OC)c(OCc3ccccc3)c2)SC1=NS(=O)(=O)c1ccc(Br)cc1. The highest BCUT2D eigenvalue weighted by atomic mass is 79.9. The van der Waals surface area contributed by atoms with Crippen molar-refractivity contribution in [3.8, 4) is 11.5 Å². The molecule has 1 heterocycles. The molecule has 7 nitrogen and oxygen atoms in total. The molecular weight excluding hydrogens is 576 g/mol. The van der Waals surface area contributed by atoms with Gasteiger partial charge in [0.2, 0.25) is 0 Å². The van der Waals surface area contributed by atoms with E-state index in [-0.39, 0.29) is 22.5 Å². The smallest absolute Gasteiger partial charge is 0.284 e. The van der Waals surface area contributed by atoms with Gasteiger partial charge in [0, 0.05) is 11.0 Å². The van der Waals surface area contributed by atoms with Crippen molar-refractivity contribution in [1.29, 1.82) is 0 Å². The second kappa shape index (κ2) is 11.8. The number of amidine groups is 1. The molecule has 0 atom stereocenters. The number of hydrogen-bond acceptors (Lipinski definition) is 6. The highest BCUT2D eigenvalue weighted by Crippen LogP contribution is 2.36. The van der Waals surface area contributed by atoms with E-state index in [1.807, 2.05) is 30.3 Å². The van der Waals surface area contributed by atoms with Crippen molar-refractivity contribution >= 4 is 54.9 Å². The molecule has 1 aliphatic heterocycles.